The maximum atomic E-state index is 13.2. The molecule has 2 aromatic carbocycles. The van der Waals surface area contributed by atoms with Gasteiger partial charge in [-0.3, -0.25) is 14.9 Å². The molecular weight excluding hydrogens is 339 g/mol. The second kappa shape index (κ2) is 7.51. The molecule has 0 bridgehead atoms. The van der Waals surface area contributed by atoms with Crippen LogP contribution in [0.15, 0.2) is 42.5 Å². The van der Waals surface area contributed by atoms with Crippen LogP contribution in [0.4, 0.5) is 10.1 Å². The van der Waals surface area contributed by atoms with Gasteiger partial charge in [0.2, 0.25) is 0 Å². The molecule has 1 unspecified atom stereocenters. The largest absolute Gasteiger partial charge is 0.487 e. The maximum Gasteiger partial charge on any atom is 0.311 e. The smallest absolute Gasteiger partial charge is 0.311 e. The standard InChI is InChI=1S/C19H19FN2O4/c1-2-26-18-10-7-14(12-17(18)22(24)25)19(23)21-11-3-4-16(21)13-5-8-15(20)9-6-13/h5-10,12,16H,2-4,11H2,1H3. The molecule has 7 heteroatoms. The number of carbonyl (C=O) groups is 1. The first-order valence-corrected chi connectivity index (χ1v) is 8.49. The van der Waals surface area contributed by atoms with Crippen LogP contribution in [0.1, 0.15) is 41.7 Å². The fourth-order valence-electron chi connectivity index (χ4n) is 3.28. The van der Waals surface area contributed by atoms with Crippen molar-refractivity contribution in [3.05, 3.63) is 69.5 Å². The van der Waals surface area contributed by atoms with Gasteiger partial charge in [-0.05, 0) is 49.6 Å². The lowest BCUT2D eigenvalue weighted by Crippen LogP contribution is -2.30. The van der Waals surface area contributed by atoms with E-state index in [-0.39, 0.29) is 34.8 Å². The lowest BCUT2D eigenvalue weighted by atomic mass is 10.0. The zero-order chi connectivity index (χ0) is 18.7. The lowest BCUT2D eigenvalue weighted by molar-refractivity contribution is -0.385. The van der Waals surface area contributed by atoms with Crippen LogP contribution in [0.25, 0.3) is 0 Å². The van der Waals surface area contributed by atoms with Crippen molar-refractivity contribution in [1.82, 2.24) is 4.90 Å². The summed E-state index contributed by atoms with van der Waals surface area (Å²) < 4.78 is 18.4. The van der Waals surface area contributed by atoms with Gasteiger partial charge in [0.05, 0.1) is 17.6 Å². The first-order valence-electron chi connectivity index (χ1n) is 8.49. The highest BCUT2D eigenvalue weighted by molar-refractivity contribution is 5.95. The lowest BCUT2D eigenvalue weighted by Gasteiger charge is -2.25. The predicted molar refractivity (Wildman–Crippen MR) is 93.7 cm³/mol. The van der Waals surface area contributed by atoms with E-state index in [0.29, 0.717) is 13.2 Å². The molecule has 0 saturated carbocycles. The van der Waals surface area contributed by atoms with E-state index < -0.39 is 4.92 Å². The Bertz CT molecular complexity index is 823. The van der Waals surface area contributed by atoms with Crippen LogP contribution in [-0.2, 0) is 0 Å². The second-order valence-electron chi connectivity index (χ2n) is 6.08. The molecule has 1 fully saturated rings. The summed E-state index contributed by atoms with van der Waals surface area (Å²) in [6.07, 6.45) is 1.60. The first-order chi connectivity index (χ1) is 12.5. The van der Waals surface area contributed by atoms with Gasteiger partial charge >= 0.3 is 5.69 Å². The van der Waals surface area contributed by atoms with Gasteiger partial charge in [0.25, 0.3) is 5.91 Å². The van der Waals surface area contributed by atoms with Crippen LogP contribution < -0.4 is 4.74 Å². The summed E-state index contributed by atoms with van der Waals surface area (Å²) in [4.78, 5) is 25.3. The number of ether oxygens (including phenoxy) is 1. The maximum absolute atomic E-state index is 13.2. The molecule has 0 aliphatic carbocycles. The van der Waals surface area contributed by atoms with E-state index in [2.05, 4.69) is 0 Å². The summed E-state index contributed by atoms with van der Waals surface area (Å²) in [6, 6.07) is 10.2. The predicted octanol–water partition coefficient (Wildman–Crippen LogP) is 4.11. The third-order valence-electron chi connectivity index (χ3n) is 4.47. The highest BCUT2D eigenvalue weighted by Gasteiger charge is 2.31. The Balaban J connectivity index is 1.89. The highest BCUT2D eigenvalue weighted by Crippen LogP contribution is 2.35. The van der Waals surface area contributed by atoms with Crippen molar-refractivity contribution < 1.29 is 18.8 Å². The van der Waals surface area contributed by atoms with E-state index in [9.17, 15) is 19.3 Å². The van der Waals surface area contributed by atoms with E-state index in [4.69, 9.17) is 4.74 Å². The number of nitrogens with zero attached hydrogens (tertiary/aromatic N) is 2. The number of benzene rings is 2. The fourth-order valence-corrected chi connectivity index (χ4v) is 3.28. The van der Waals surface area contributed by atoms with Gasteiger partial charge in [-0.15, -0.1) is 0 Å². The van der Waals surface area contributed by atoms with E-state index in [1.165, 1.54) is 24.3 Å². The molecule has 1 amide bonds. The zero-order valence-electron chi connectivity index (χ0n) is 14.4. The van der Waals surface area contributed by atoms with Crippen LogP contribution >= 0.6 is 0 Å². The monoisotopic (exact) mass is 358 g/mol. The van der Waals surface area contributed by atoms with Crippen molar-refractivity contribution in [2.75, 3.05) is 13.2 Å². The van der Waals surface area contributed by atoms with Crippen LogP contribution in [0.2, 0.25) is 0 Å². The van der Waals surface area contributed by atoms with E-state index in [1.807, 2.05) is 0 Å². The number of nitro groups is 1. The normalized spacial score (nSPS) is 16.5. The summed E-state index contributed by atoms with van der Waals surface area (Å²) >= 11 is 0. The SMILES string of the molecule is CCOc1ccc(C(=O)N2CCCC2c2ccc(F)cc2)cc1[N+](=O)[O-]. The van der Waals surface area contributed by atoms with Gasteiger partial charge in [-0.1, -0.05) is 12.1 Å². The van der Waals surface area contributed by atoms with Gasteiger partial charge in [-0.25, -0.2) is 4.39 Å². The molecule has 136 valence electrons. The van der Waals surface area contributed by atoms with Crippen molar-refractivity contribution in [2.24, 2.45) is 0 Å². The summed E-state index contributed by atoms with van der Waals surface area (Å²) in [6.45, 7) is 2.59. The summed E-state index contributed by atoms with van der Waals surface area (Å²) in [5.74, 6) is -0.458. The van der Waals surface area contributed by atoms with Crippen LogP contribution in [0, 0.1) is 15.9 Å². The number of likely N-dealkylation sites (tertiary alicyclic amines) is 1. The molecule has 0 aromatic heterocycles. The molecule has 2 aromatic rings. The molecule has 1 aliphatic rings. The first kappa shape index (κ1) is 17.8. The molecule has 1 saturated heterocycles. The minimum atomic E-state index is -0.552. The topological polar surface area (TPSA) is 72.7 Å². The second-order valence-corrected chi connectivity index (χ2v) is 6.08. The van der Waals surface area contributed by atoms with E-state index >= 15 is 0 Å². The number of hydrogen-bond acceptors (Lipinski definition) is 4. The Morgan fingerprint density at radius 3 is 2.69 bits per heavy atom. The van der Waals surface area contributed by atoms with Crippen molar-refractivity contribution >= 4 is 11.6 Å². The number of amides is 1. The van der Waals surface area contributed by atoms with E-state index in [0.717, 1.165) is 18.4 Å². The van der Waals surface area contributed by atoms with Gasteiger partial charge in [0, 0.05) is 18.2 Å². The molecule has 1 heterocycles. The molecule has 6 nitrogen and oxygen atoms in total. The van der Waals surface area contributed by atoms with Gasteiger partial charge in [0.15, 0.2) is 5.75 Å². The quantitative estimate of drug-likeness (QED) is 0.596. The number of halogens is 1. The molecular formula is C19H19FN2O4. The minimum absolute atomic E-state index is 0.144. The van der Waals surface area contributed by atoms with Crippen molar-refractivity contribution in [1.29, 1.82) is 0 Å². The van der Waals surface area contributed by atoms with Crippen molar-refractivity contribution in [2.45, 2.75) is 25.8 Å². The van der Waals surface area contributed by atoms with Crippen LogP contribution in [0.3, 0.4) is 0 Å². The Morgan fingerprint density at radius 1 is 1.31 bits per heavy atom. The van der Waals surface area contributed by atoms with Gasteiger partial charge < -0.3 is 9.64 Å². The van der Waals surface area contributed by atoms with Crippen molar-refractivity contribution in [3.8, 4) is 5.75 Å². The molecule has 0 N–H and O–H groups in total. The third kappa shape index (κ3) is 3.51. The summed E-state index contributed by atoms with van der Waals surface area (Å²) in [5.41, 5.74) is 0.877. The minimum Gasteiger partial charge on any atom is -0.487 e. The Kier molecular flexibility index (Phi) is 5.16. The van der Waals surface area contributed by atoms with Gasteiger partial charge in [0.1, 0.15) is 5.82 Å². The average molecular weight is 358 g/mol. The summed E-state index contributed by atoms with van der Waals surface area (Å²) in [5, 5.41) is 11.3. The van der Waals surface area contributed by atoms with Gasteiger partial charge in [-0.2, -0.15) is 0 Å². The highest BCUT2D eigenvalue weighted by atomic mass is 19.1. The number of carbonyl (C=O) groups excluding carboxylic acids is 1. The number of nitro benzene ring substituents is 1. The molecule has 0 spiro atoms. The number of hydrogen-bond donors (Lipinski definition) is 0. The van der Waals surface area contributed by atoms with Crippen LogP contribution in [0.5, 0.6) is 5.75 Å². The Labute approximate surface area is 150 Å². The molecule has 0 radical (unpaired) electrons. The van der Waals surface area contributed by atoms with Crippen molar-refractivity contribution in [3.63, 3.8) is 0 Å². The molecule has 1 atom stereocenters. The van der Waals surface area contributed by atoms with E-state index in [1.54, 1.807) is 30.0 Å². The summed E-state index contributed by atoms with van der Waals surface area (Å²) in [7, 11) is 0. The number of rotatable bonds is 5. The average Bonchev–Trinajstić information content (AvgIpc) is 3.12. The zero-order valence-corrected chi connectivity index (χ0v) is 14.4. The van der Waals surface area contributed by atoms with Crippen LogP contribution in [-0.4, -0.2) is 28.9 Å². The molecule has 26 heavy (non-hydrogen) atoms. The third-order valence-corrected chi connectivity index (χ3v) is 4.47. The molecule has 3 rings (SSSR count). The molecule has 1 aliphatic heterocycles. The Hall–Kier alpha value is -2.96. The Morgan fingerprint density at radius 2 is 2.04 bits per heavy atom. The fraction of sp³-hybridized carbons (Fsp3) is 0.316.